The molecule has 1 atom stereocenters. The van der Waals surface area contributed by atoms with Crippen LogP contribution in [0.15, 0.2) is 40.9 Å². The van der Waals surface area contributed by atoms with Crippen LogP contribution in [0.2, 0.25) is 0 Å². The van der Waals surface area contributed by atoms with Crippen LogP contribution in [-0.4, -0.2) is 41.8 Å². The van der Waals surface area contributed by atoms with Crippen LogP contribution in [0.3, 0.4) is 0 Å². The van der Waals surface area contributed by atoms with E-state index in [1.54, 1.807) is 11.0 Å². The van der Waals surface area contributed by atoms with Gasteiger partial charge < -0.3 is 24.2 Å². The van der Waals surface area contributed by atoms with E-state index in [4.69, 9.17) is 14.0 Å². The third-order valence-corrected chi connectivity index (χ3v) is 6.64. The Bertz CT molecular complexity index is 1260. The van der Waals surface area contributed by atoms with Crippen LogP contribution in [0.25, 0.3) is 11.3 Å². The summed E-state index contributed by atoms with van der Waals surface area (Å²) in [6.45, 7) is 7.66. The lowest BCUT2D eigenvalue weighted by atomic mass is 9.96. The summed E-state index contributed by atoms with van der Waals surface area (Å²) in [6, 6.07) is 11.5. The number of carbonyl (C=O) groups excluding carboxylic acids is 2. The second-order valence-corrected chi connectivity index (χ2v) is 9.35. The first-order valence-electron chi connectivity index (χ1n) is 11.9. The average molecular weight is 476 g/mol. The quantitative estimate of drug-likeness (QED) is 0.596. The van der Waals surface area contributed by atoms with Crippen LogP contribution >= 0.6 is 0 Å². The number of hydrogen-bond acceptors (Lipinski definition) is 6. The molecule has 0 spiro atoms. The second-order valence-electron chi connectivity index (χ2n) is 9.35. The maximum atomic E-state index is 13.2. The molecule has 2 aliphatic heterocycles. The largest absolute Gasteiger partial charge is 0.454 e. The average Bonchev–Trinajstić information content (AvgIpc) is 3.51. The van der Waals surface area contributed by atoms with Crippen molar-refractivity contribution in [2.75, 3.05) is 19.9 Å². The van der Waals surface area contributed by atoms with Crippen molar-refractivity contribution in [1.29, 1.82) is 0 Å². The molecule has 0 radical (unpaired) electrons. The molecule has 1 N–H and O–H groups in total. The molecule has 1 aromatic heterocycles. The molecule has 0 saturated carbocycles. The third-order valence-electron chi connectivity index (χ3n) is 6.64. The highest BCUT2D eigenvalue weighted by atomic mass is 16.7. The molecule has 3 aromatic rings. The van der Waals surface area contributed by atoms with Crippen molar-refractivity contribution in [1.82, 2.24) is 15.4 Å². The third kappa shape index (κ3) is 4.73. The van der Waals surface area contributed by atoms with E-state index in [9.17, 15) is 9.59 Å². The molecule has 35 heavy (non-hydrogen) atoms. The van der Waals surface area contributed by atoms with Crippen LogP contribution < -0.4 is 14.8 Å². The number of ether oxygens (including phenoxy) is 2. The zero-order chi connectivity index (χ0) is 24.5. The summed E-state index contributed by atoms with van der Waals surface area (Å²) >= 11 is 0. The van der Waals surface area contributed by atoms with Crippen molar-refractivity contribution in [2.24, 2.45) is 5.92 Å². The predicted octanol–water partition coefficient (Wildman–Crippen LogP) is 4.16. The summed E-state index contributed by atoms with van der Waals surface area (Å²) in [5.74, 6) is 1.44. The van der Waals surface area contributed by atoms with Crippen molar-refractivity contribution >= 4 is 11.8 Å². The Labute approximate surface area is 204 Å². The van der Waals surface area contributed by atoms with Crippen molar-refractivity contribution in [3.8, 4) is 22.8 Å². The molecule has 5 rings (SSSR count). The van der Waals surface area contributed by atoms with E-state index in [0.29, 0.717) is 36.9 Å². The summed E-state index contributed by atoms with van der Waals surface area (Å²) in [6.07, 6.45) is 1.50. The first-order chi connectivity index (χ1) is 16.9. The predicted molar refractivity (Wildman–Crippen MR) is 129 cm³/mol. The van der Waals surface area contributed by atoms with Gasteiger partial charge in [0.05, 0.1) is 5.92 Å². The Morgan fingerprint density at radius 1 is 1.06 bits per heavy atom. The van der Waals surface area contributed by atoms with Gasteiger partial charge in [0.15, 0.2) is 23.0 Å². The molecule has 0 unspecified atom stereocenters. The number of rotatable bonds is 5. The Hall–Kier alpha value is -3.81. The number of aromatic nitrogens is 1. The lowest BCUT2D eigenvalue weighted by Gasteiger charge is -2.31. The zero-order valence-corrected chi connectivity index (χ0v) is 20.2. The summed E-state index contributed by atoms with van der Waals surface area (Å²) < 4.78 is 16.3. The van der Waals surface area contributed by atoms with Gasteiger partial charge in [-0.1, -0.05) is 28.9 Å². The molecule has 2 amide bonds. The highest BCUT2D eigenvalue weighted by Crippen LogP contribution is 2.33. The molecule has 0 aliphatic carbocycles. The van der Waals surface area contributed by atoms with Crippen molar-refractivity contribution in [3.63, 3.8) is 0 Å². The number of benzene rings is 2. The number of nitrogens with zero attached hydrogens (tertiary/aromatic N) is 2. The number of amides is 2. The maximum absolute atomic E-state index is 13.2. The normalized spacial score (nSPS) is 16.9. The fourth-order valence-electron chi connectivity index (χ4n) is 4.98. The molecule has 182 valence electrons. The smallest absolute Gasteiger partial charge is 0.276 e. The summed E-state index contributed by atoms with van der Waals surface area (Å²) in [5, 5.41) is 7.05. The molecule has 1 saturated heterocycles. The molecule has 8 nitrogen and oxygen atoms in total. The van der Waals surface area contributed by atoms with Gasteiger partial charge in [-0.15, -0.1) is 0 Å². The van der Waals surface area contributed by atoms with Gasteiger partial charge in [-0.25, -0.2) is 0 Å². The molecule has 0 bridgehead atoms. The molecule has 1 fully saturated rings. The summed E-state index contributed by atoms with van der Waals surface area (Å²) in [4.78, 5) is 27.7. The Kier molecular flexibility index (Phi) is 6.19. The number of piperidine rings is 1. The lowest BCUT2D eigenvalue weighted by molar-refractivity contribution is -0.126. The van der Waals surface area contributed by atoms with Gasteiger partial charge in [0.2, 0.25) is 12.7 Å². The fourth-order valence-corrected chi connectivity index (χ4v) is 4.98. The van der Waals surface area contributed by atoms with Gasteiger partial charge in [-0.3, -0.25) is 9.59 Å². The number of aryl methyl sites for hydroxylation is 3. The molecule has 8 heteroatoms. The van der Waals surface area contributed by atoms with Crippen LogP contribution in [0.5, 0.6) is 11.5 Å². The Morgan fingerprint density at radius 3 is 2.63 bits per heavy atom. The molecule has 2 aliphatic rings. The van der Waals surface area contributed by atoms with E-state index in [2.05, 4.69) is 29.5 Å². The zero-order valence-electron chi connectivity index (χ0n) is 20.2. The minimum Gasteiger partial charge on any atom is -0.454 e. The van der Waals surface area contributed by atoms with Crippen LogP contribution in [0.1, 0.15) is 45.6 Å². The van der Waals surface area contributed by atoms with Gasteiger partial charge in [0.1, 0.15) is 0 Å². The highest BCUT2D eigenvalue weighted by Gasteiger charge is 2.30. The molecular weight excluding hydrogens is 446 g/mol. The van der Waals surface area contributed by atoms with E-state index in [1.807, 2.05) is 32.0 Å². The maximum Gasteiger partial charge on any atom is 0.276 e. The molecule has 3 heterocycles. The first-order valence-corrected chi connectivity index (χ1v) is 11.9. The van der Waals surface area contributed by atoms with Crippen LogP contribution in [0, 0.1) is 26.7 Å². The molecule has 2 aromatic carbocycles. The Balaban J connectivity index is 1.22. The topological polar surface area (TPSA) is 93.9 Å². The number of likely N-dealkylation sites (tertiary alicyclic amines) is 1. The monoisotopic (exact) mass is 475 g/mol. The van der Waals surface area contributed by atoms with E-state index in [0.717, 1.165) is 35.1 Å². The first kappa shape index (κ1) is 23.0. The van der Waals surface area contributed by atoms with Gasteiger partial charge in [0, 0.05) is 31.3 Å². The number of nitrogens with one attached hydrogen (secondary N) is 1. The minimum atomic E-state index is -0.269. The summed E-state index contributed by atoms with van der Waals surface area (Å²) in [7, 11) is 0. The van der Waals surface area contributed by atoms with Crippen molar-refractivity contribution < 1.29 is 23.6 Å². The van der Waals surface area contributed by atoms with E-state index < -0.39 is 0 Å². The van der Waals surface area contributed by atoms with E-state index in [1.165, 1.54) is 5.56 Å². The standard InChI is InChI=1S/C27H29N3O5/c1-16-9-17(2)25(18(3)10-16)24-12-21(29-35-24)27(32)30-8-4-5-20(14-30)26(31)28-13-19-6-7-22-23(11-19)34-15-33-22/h6-7,9-12,20H,4-5,8,13-15H2,1-3H3,(H,28,31)/t20-/m0/s1. The highest BCUT2D eigenvalue weighted by molar-refractivity contribution is 5.94. The van der Waals surface area contributed by atoms with Gasteiger partial charge in [-0.05, 0) is 62.4 Å². The Morgan fingerprint density at radius 2 is 1.83 bits per heavy atom. The van der Waals surface area contributed by atoms with Gasteiger partial charge in [0.25, 0.3) is 5.91 Å². The van der Waals surface area contributed by atoms with E-state index in [-0.39, 0.29) is 30.2 Å². The minimum absolute atomic E-state index is 0.0630. The van der Waals surface area contributed by atoms with Crippen LogP contribution in [-0.2, 0) is 11.3 Å². The number of hydrogen-bond donors (Lipinski definition) is 1. The van der Waals surface area contributed by atoms with E-state index >= 15 is 0 Å². The number of carbonyl (C=O) groups is 2. The van der Waals surface area contributed by atoms with Gasteiger partial charge in [-0.2, -0.15) is 0 Å². The van der Waals surface area contributed by atoms with Gasteiger partial charge >= 0.3 is 0 Å². The molecular formula is C27H29N3O5. The SMILES string of the molecule is Cc1cc(C)c(-c2cc(C(=O)N3CCC[C@H](C(=O)NCc4ccc5c(c4)OCO5)C3)no2)c(C)c1. The number of fused-ring (bicyclic) bond motifs is 1. The van der Waals surface area contributed by atoms with Crippen LogP contribution in [0.4, 0.5) is 0 Å². The fraction of sp³-hybridized carbons (Fsp3) is 0.370. The lowest BCUT2D eigenvalue weighted by Crippen LogP contribution is -2.45. The second kappa shape index (κ2) is 9.44. The van der Waals surface area contributed by atoms with Crippen molar-refractivity contribution in [2.45, 2.75) is 40.2 Å². The summed E-state index contributed by atoms with van der Waals surface area (Å²) in [5.41, 5.74) is 5.49. The van der Waals surface area contributed by atoms with Crippen molar-refractivity contribution in [3.05, 3.63) is 64.3 Å².